The highest BCUT2D eigenvalue weighted by Gasteiger charge is 2.04. The zero-order valence-corrected chi connectivity index (χ0v) is 10.6. The Balaban J connectivity index is 2.04. The van der Waals surface area contributed by atoms with Gasteiger partial charge in [-0.25, -0.2) is 4.79 Å². The lowest BCUT2D eigenvalue weighted by Crippen LogP contribution is -2.00. The highest BCUT2D eigenvalue weighted by molar-refractivity contribution is 6.30. The van der Waals surface area contributed by atoms with Crippen LogP contribution in [0.15, 0.2) is 36.4 Å². The van der Waals surface area contributed by atoms with Gasteiger partial charge in [0, 0.05) is 11.1 Å². The van der Waals surface area contributed by atoms with Gasteiger partial charge in [-0.05, 0) is 29.8 Å². The lowest BCUT2D eigenvalue weighted by atomic mass is 10.1. The number of rotatable bonds is 4. The van der Waals surface area contributed by atoms with Crippen molar-refractivity contribution in [2.45, 2.75) is 6.61 Å². The maximum atomic E-state index is 10.7. The van der Waals surface area contributed by atoms with E-state index in [1.807, 2.05) is 0 Å². The molecule has 2 aromatic carbocycles. The number of benzene rings is 2. The molecule has 5 heteroatoms. The van der Waals surface area contributed by atoms with Crippen LogP contribution in [0.3, 0.4) is 0 Å². The predicted octanol–water partition coefficient (Wildman–Crippen LogP) is 3.00. The van der Waals surface area contributed by atoms with Crippen molar-refractivity contribution in [1.82, 2.24) is 0 Å². The highest BCUT2D eigenvalue weighted by atomic mass is 35.5. The number of aromatic carboxylic acids is 1. The van der Waals surface area contributed by atoms with Gasteiger partial charge in [0.25, 0.3) is 0 Å². The molecule has 19 heavy (non-hydrogen) atoms. The Kier molecular flexibility index (Phi) is 3.92. The molecular weight excluding hydrogens is 266 g/mol. The summed E-state index contributed by atoms with van der Waals surface area (Å²) in [6.45, 7) is 0.280. The first kappa shape index (κ1) is 13.2. The number of hydrogen-bond donors (Lipinski definition) is 2. The van der Waals surface area contributed by atoms with Crippen molar-refractivity contribution in [2.75, 3.05) is 5.73 Å². The van der Waals surface area contributed by atoms with E-state index in [2.05, 4.69) is 6.07 Å². The molecule has 0 saturated carbocycles. The Morgan fingerprint density at radius 3 is 2.63 bits per heavy atom. The van der Waals surface area contributed by atoms with Gasteiger partial charge in [0.15, 0.2) is 5.75 Å². The summed E-state index contributed by atoms with van der Waals surface area (Å²) in [4.78, 5) is 10.7. The van der Waals surface area contributed by atoms with Crippen LogP contribution in [0.2, 0.25) is 5.02 Å². The van der Waals surface area contributed by atoms with Crippen LogP contribution in [-0.4, -0.2) is 11.1 Å². The third-order valence-electron chi connectivity index (χ3n) is 2.48. The summed E-state index contributed by atoms with van der Waals surface area (Å²) in [5.74, 6) is -0.533. The van der Waals surface area contributed by atoms with E-state index in [-0.39, 0.29) is 12.2 Å². The Labute approximate surface area is 115 Å². The van der Waals surface area contributed by atoms with Crippen LogP contribution in [0.1, 0.15) is 15.9 Å². The fourth-order valence-electron chi connectivity index (χ4n) is 1.50. The van der Waals surface area contributed by atoms with E-state index in [1.54, 1.807) is 24.3 Å². The van der Waals surface area contributed by atoms with Gasteiger partial charge in [0.2, 0.25) is 0 Å². The molecule has 0 unspecified atom stereocenters. The van der Waals surface area contributed by atoms with Crippen LogP contribution in [0, 0.1) is 6.07 Å². The summed E-state index contributed by atoms with van der Waals surface area (Å²) in [6.07, 6.45) is 0. The van der Waals surface area contributed by atoms with Crippen LogP contribution in [0.5, 0.6) is 5.75 Å². The van der Waals surface area contributed by atoms with Gasteiger partial charge in [0.05, 0.1) is 11.3 Å². The van der Waals surface area contributed by atoms with Gasteiger partial charge in [-0.15, -0.1) is 0 Å². The van der Waals surface area contributed by atoms with Crippen LogP contribution in [0.25, 0.3) is 0 Å². The molecule has 0 saturated heterocycles. The Morgan fingerprint density at radius 2 is 2.05 bits per heavy atom. The normalized spacial score (nSPS) is 10.2. The number of anilines is 1. The summed E-state index contributed by atoms with van der Waals surface area (Å²) >= 11 is 5.76. The van der Waals surface area contributed by atoms with Crippen molar-refractivity contribution >= 4 is 23.3 Å². The lowest BCUT2D eigenvalue weighted by Gasteiger charge is -2.08. The number of nitrogens with two attached hydrogens (primary N) is 1. The van der Waals surface area contributed by atoms with Crippen molar-refractivity contribution < 1.29 is 14.6 Å². The standard InChI is InChI=1S/C14H11ClNO3/c15-11-5-6-13(12(16)7-11)19-8-9-1-3-10(4-2-9)14(17)18/h1-5,7H,8,16H2,(H,17,18). The second-order valence-electron chi connectivity index (χ2n) is 3.89. The van der Waals surface area contributed by atoms with E-state index < -0.39 is 5.97 Å². The molecule has 0 bridgehead atoms. The maximum absolute atomic E-state index is 10.7. The first-order valence-corrected chi connectivity index (χ1v) is 5.86. The van der Waals surface area contributed by atoms with Gasteiger partial charge < -0.3 is 15.6 Å². The van der Waals surface area contributed by atoms with Gasteiger partial charge >= 0.3 is 5.97 Å². The summed E-state index contributed by atoms with van der Waals surface area (Å²) in [7, 11) is 0. The molecule has 0 atom stereocenters. The second-order valence-corrected chi connectivity index (χ2v) is 4.33. The predicted molar refractivity (Wildman–Crippen MR) is 72.4 cm³/mol. The van der Waals surface area contributed by atoms with E-state index >= 15 is 0 Å². The van der Waals surface area contributed by atoms with E-state index in [4.69, 9.17) is 27.2 Å². The fourth-order valence-corrected chi connectivity index (χ4v) is 1.67. The van der Waals surface area contributed by atoms with Crippen molar-refractivity contribution in [3.63, 3.8) is 0 Å². The van der Waals surface area contributed by atoms with Crippen LogP contribution < -0.4 is 10.5 Å². The third kappa shape index (κ3) is 3.39. The van der Waals surface area contributed by atoms with Gasteiger partial charge in [0.1, 0.15) is 6.61 Å². The topological polar surface area (TPSA) is 72.5 Å². The number of carboxylic acid groups (broad SMARTS) is 1. The molecule has 3 N–H and O–H groups in total. The summed E-state index contributed by atoms with van der Waals surface area (Å²) in [5, 5.41) is 9.28. The second kappa shape index (κ2) is 5.63. The number of nitrogen functional groups attached to an aromatic ring is 1. The fraction of sp³-hybridized carbons (Fsp3) is 0.0714. The minimum atomic E-state index is -0.956. The smallest absolute Gasteiger partial charge is 0.335 e. The first-order chi connectivity index (χ1) is 9.06. The molecule has 1 radical (unpaired) electrons. The SMILES string of the molecule is Nc1cc(Cl)c[c]c1OCc1ccc(C(=O)O)cc1. The average Bonchev–Trinajstić information content (AvgIpc) is 2.38. The lowest BCUT2D eigenvalue weighted by molar-refractivity contribution is 0.0697. The van der Waals surface area contributed by atoms with Crippen molar-refractivity contribution in [3.8, 4) is 5.75 Å². The molecule has 2 aromatic rings. The summed E-state index contributed by atoms with van der Waals surface area (Å²) in [6, 6.07) is 12.4. The van der Waals surface area contributed by atoms with Crippen molar-refractivity contribution in [1.29, 1.82) is 0 Å². The number of ether oxygens (including phenoxy) is 1. The van der Waals surface area contributed by atoms with Gasteiger partial charge in [-0.3, -0.25) is 0 Å². The molecule has 0 heterocycles. The molecule has 0 aromatic heterocycles. The molecule has 0 spiro atoms. The summed E-state index contributed by atoms with van der Waals surface area (Å²) in [5.41, 5.74) is 7.22. The first-order valence-electron chi connectivity index (χ1n) is 5.48. The van der Waals surface area contributed by atoms with Gasteiger partial charge in [-0.2, -0.15) is 0 Å². The Bertz CT molecular complexity index is 596. The van der Waals surface area contributed by atoms with E-state index in [1.165, 1.54) is 12.1 Å². The summed E-state index contributed by atoms with van der Waals surface area (Å²) < 4.78 is 5.49. The molecule has 0 fully saturated rings. The molecule has 0 aliphatic heterocycles. The molecule has 4 nitrogen and oxygen atoms in total. The van der Waals surface area contributed by atoms with Gasteiger partial charge in [-0.1, -0.05) is 23.7 Å². The molecule has 0 amide bonds. The number of hydrogen-bond acceptors (Lipinski definition) is 3. The highest BCUT2D eigenvalue weighted by Crippen LogP contribution is 2.25. The van der Waals surface area contributed by atoms with E-state index in [0.29, 0.717) is 16.5 Å². The Morgan fingerprint density at radius 1 is 1.37 bits per heavy atom. The molecule has 0 aliphatic rings. The third-order valence-corrected chi connectivity index (χ3v) is 2.70. The van der Waals surface area contributed by atoms with Crippen LogP contribution in [-0.2, 0) is 6.61 Å². The maximum Gasteiger partial charge on any atom is 0.335 e. The van der Waals surface area contributed by atoms with Crippen LogP contribution in [0.4, 0.5) is 5.69 Å². The Hall–Kier alpha value is -2.20. The van der Waals surface area contributed by atoms with E-state index in [9.17, 15) is 4.79 Å². The number of halogens is 1. The quantitative estimate of drug-likeness (QED) is 0.842. The minimum absolute atomic E-state index is 0.237. The van der Waals surface area contributed by atoms with E-state index in [0.717, 1.165) is 5.56 Å². The zero-order chi connectivity index (χ0) is 13.8. The molecule has 97 valence electrons. The van der Waals surface area contributed by atoms with Crippen molar-refractivity contribution in [3.05, 3.63) is 58.6 Å². The molecular formula is C14H11ClNO3. The monoisotopic (exact) mass is 276 g/mol. The molecule has 2 rings (SSSR count). The number of carboxylic acids is 1. The molecule has 0 aliphatic carbocycles. The zero-order valence-electron chi connectivity index (χ0n) is 9.89. The largest absolute Gasteiger partial charge is 0.486 e. The minimum Gasteiger partial charge on any atom is -0.486 e. The average molecular weight is 277 g/mol. The number of carbonyl (C=O) groups is 1. The van der Waals surface area contributed by atoms with Crippen molar-refractivity contribution in [2.24, 2.45) is 0 Å². The van der Waals surface area contributed by atoms with Crippen LogP contribution >= 0.6 is 11.6 Å².